The molecule has 0 bridgehead atoms. The van der Waals surface area contributed by atoms with Crippen molar-refractivity contribution in [2.75, 3.05) is 13.1 Å². The molecule has 1 aromatic heterocycles. The number of urea groups is 1. The Labute approximate surface area is 137 Å². The van der Waals surface area contributed by atoms with Gasteiger partial charge >= 0.3 is 11.7 Å². The Kier molecular flexibility index (Phi) is 5.49. The molecule has 0 saturated heterocycles. The molecular weight excluding hydrogens is 294 g/mol. The molecule has 0 fully saturated rings. The summed E-state index contributed by atoms with van der Waals surface area (Å²) in [6.07, 6.45) is 4.76. The first-order valence-corrected chi connectivity index (χ1v) is 8.49. The Bertz CT molecular complexity index is 602. The summed E-state index contributed by atoms with van der Waals surface area (Å²) in [6.45, 7) is 8.68. The van der Waals surface area contributed by atoms with Crippen molar-refractivity contribution in [1.82, 2.24) is 24.6 Å². The van der Waals surface area contributed by atoms with E-state index in [4.69, 9.17) is 0 Å². The van der Waals surface area contributed by atoms with E-state index in [-0.39, 0.29) is 17.1 Å². The number of aromatic nitrogens is 3. The Hall–Kier alpha value is -1.79. The van der Waals surface area contributed by atoms with Crippen LogP contribution in [0.2, 0.25) is 0 Å². The van der Waals surface area contributed by atoms with Gasteiger partial charge in [0.2, 0.25) is 0 Å². The van der Waals surface area contributed by atoms with Gasteiger partial charge in [0.05, 0.1) is 6.54 Å². The maximum absolute atomic E-state index is 12.4. The van der Waals surface area contributed by atoms with E-state index in [1.807, 2.05) is 0 Å². The predicted octanol–water partition coefficient (Wildman–Crippen LogP) is 1.71. The Morgan fingerprint density at radius 3 is 2.74 bits per heavy atom. The topological polar surface area (TPSA) is 72.2 Å². The van der Waals surface area contributed by atoms with Gasteiger partial charge in [-0.25, -0.2) is 14.3 Å². The summed E-state index contributed by atoms with van der Waals surface area (Å²) < 4.78 is 2.96. The first-order valence-electron chi connectivity index (χ1n) is 8.49. The molecule has 0 saturated carbocycles. The summed E-state index contributed by atoms with van der Waals surface area (Å²) >= 11 is 0. The first kappa shape index (κ1) is 17.6. The third kappa shape index (κ3) is 4.36. The van der Waals surface area contributed by atoms with Crippen LogP contribution in [0.25, 0.3) is 0 Å². The van der Waals surface area contributed by atoms with Crippen molar-refractivity contribution in [3.05, 3.63) is 16.3 Å². The van der Waals surface area contributed by atoms with E-state index < -0.39 is 0 Å². The van der Waals surface area contributed by atoms with Gasteiger partial charge < -0.3 is 10.2 Å². The number of hydrogen-bond donors (Lipinski definition) is 1. The van der Waals surface area contributed by atoms with Gasteiger partial charge in [-0.1, -0.05) is 40.0 Å². The highest BCUT2D eigenvalue weighted by Gasteiger charge is 2.25. The number of carbonyl (C=O) groups is 1. The maximum atomic E-state index is 12.4. The van der Waals surface area contributed by atoms with Gasteiger partial charge in [-0.3, -0.25) is 4.57 Å². The van der Waals surface area contributed by atoms with Crippen molar-refractivity contribution in [3.63, 3.8) is 0 Å². The lowest BCUT2D eigenvalue weighted by atomic mass is 9.87. The Morgan fingerprint density at radius 1 is 1.30 bits per heavy atom. The summed E-state index contributed by atoms with van der Waals surface area (Å²) in [5.74, 6) is 0.654. The van der Waals surface area contributed by atoms with Gasteiger partial charge in [0.25, 0.3) is 0 Å². The fourth-order valence-electron chi connectivity index (χ4n) is 2.91. The molecule has 0 unspecified atom stereocenters. The molecule has 1 aliphatic rings. The van der Waals surface area contributed by atoms with Crippen LogP contribution in [0.4, 0.5) is 4.79 Å². The lowest BCUT2D eigenvalue weighted by Gasteiger charge is -2.30. The zero-order chi connectivity index (χ0) is 17.0. The van der Waals surface area contributed by atoms with Gasteiger partial charge in [0, 0.05) is 26.7 Å². The molecule has 2 heterocycles. The SMILES string of the molecule is CCCCCC(C)(C)CNC(=O)N1CCn2c(nn(C)c2=O)C1. The van der Waals surface area contributed by atoms with Crippen LogP contribution in [0, 0.1) is 5.41 Å². The van der Waals surface area contributed by atoms with Crippen LogP contribution in [0.3, 0.4) is 0 Å². The van der Waals surface area contributed by atoms with E-state index >= 15 is 0 Å². The van der Waals surface area contributed by atoms with Gasteiger partial charge in [0.1, 0.15) is 0 Å². The minimum atomic E-state index is -0.114. The average molecular weight is 323 g/mol. The largest absolute Gasteiger partial charge is 0.345 e. The molecule has 0 aliphatic carbocycles. The van der Waals surface area contributed by atoms with Crippen LogP contribution in [-0.2, 0) is 20.1 Å². The molecule has 0 aromatic carbocycles. The van der Waals surface area contributed by atoms with Gasteiger partial charge in [-0.05, 0) is 11.8 Å². The van der Waals surface area contributed by atoms with E-state index in [2.05, 4.69) is 31.2 Å². The summed E-state index contributed by atoms with van der Waals surface area (Å²) in [5.41, 5.74) is -0.00891. The van der Waals surface area contributed by atoms with Crippen LogP contribution in [0.5, 0.6) is 0 Å². The third-order valence-electron chi connectivity index (χ3n) is 4.47. The molecule has 7 nitrogen and oxygen atoms in total. The lowest BCUT2D eigenvalue weighted by molar-refractivity contribution is 0.175. The summed E-state index contributed by atoms with van der Waals surface area (Å²) in [5, 5.41) is 7.22. The fourth-order valence-corrected chi connectivity index (χ4v) is 2.91. The number of amides is 2. The molecule has 7 heteroatoms. The van der Waals surface area contributed by atoms with Gasteiger partial charge in [0.15, 0.2) is 5.82 Å². The lowest BCUT2D eigenvalue weighted by Crippen LogP contribution is -2.47. The smallest absolute Gasteiger partial charge is 0.337 e. The maximum Gasteiger partial charge on any atom is 0.345 e. The van der Waals surface area contributed by atoms with Crippen LogP contribution in [0.15, 0.2) is 4.79 Å². The number of nitrogens with zero attached hydrogens (tertiary/aromatic N) is 4. The van der Waals surface area contributed by atoms with E-state index in [0.29, 0.717) is 32.0 Å². The minimum Gasteiger partial charge on any atom is -0.337 e. The number of carbonyl (C=O) groups excluding carboxylic acids is 1. The number of aryl methyl sites for hydroxylation is 1. The second-order valence-electron chi connectivity index (χ2n) is 7.18. The van der Waals surface area contributed by atoms with Crippen LogP contribution in [-0.4, -0.2) is 38.4 Å². The molecule has 0 atom stereocenters. The number of unbranched alkanes of at least 4 members (excludes halogenated alkanes) is 2. The zero-order valence-corrected chi connectivity index (χ0v) is 14.8. The molecule has 130 valence electrons. The van der Waals surface area contributed by atoms with Crippen molar-refractivity contribution < 1.29 is 4.79 Å². The summed E-state index contributed by atoms with van der Waals surface area (Å²) in [4.78, 5) is 25.9. The second kappa shape index (κ2) is 7.19. The third-order valence-corrected chi connectivity index (χ3v) is 4.47. The molecule has 1 aliphatic heterocycles. The zero-order valence-electron chi connectivity index (χ0n) is 14.8. The molecule has 1 N–H and O–H groups in total. The van der Waals surface area contributed by atoms with Crippen LogP contribution < -0.4 is 11.0 Å². The molecule has 2 rings (SSSR count). The first-order chi connectivity index (χ1) is 10.8. The predicted molar refractivity (Wildman–Crippen MR) is 89.2 cm³/mol. The van der Waals surface area contributed by atoms with Gasteiger partial charge in [-0.2, -0.15) is 5.10 Å². The van der Waals surface area contributed by atoms with Gasteiger partial charge in [-0.15, -0.1) is 0 Å². The number of hydrogen-bond acceptors (Lipinski definition) is 3. The monoisotopic (exact) mass is 323 g/mol. The average Bonchev–Trinajstić information content (AvgIpc) is 2.79. The Balaban J connectivity index is 1.86. The highest BCUT2D eigenvalue weighted by molar-refractivity contribution is 5.74. The molecule has 0 radical (unpaired) electrons. The number of fused-ring (bicyclic) bond motifs is 1. The quantitative estimate of drug-likeness (QED) is 0.810. The van der Waals surface area contributed by atoms with Crippen LogP contribution >= 0.6 is 0 Å². The Morgan fingerprint density at radius 2 is 2.04 bits per heavy atom. The summed E-state index contributed by atoms with van der Waals surface area (Å²) in [6, 6.07) is -0.0714. The van der Waals surface area contributed by atoms with E-state index in [1.165, 1.54) is 23.9 Å². The highest BCUT2D eigenvalue weighted by Crippen LogP contribution is 2.22. The van der Waals surface area contributed by atoms with Crippen molar-refractivity contribution >= 4 is 6.03 Å². The summed E-state index contributed by atoms with van der Waals surface area (Å²) in [7, 11) is 1.64. The molecular formula is C16H29N5O2. The minimum absolute atomic E-state index is 0.0714. The van der Waals surface area contributed by atoms with Crippen molar-refractivity contribution in [3.8, 4) is 0 Å². The van der Waals surface area contributed by atoms with E-state index in [9.17, 15) is 9.59 Å². The molecule has 0 spiro atoms. The van der Waals surface area contributed by atoms with Crippen molar-refractivity contribution in [1.29, 1.82) is 0 Å². The molecule has 23 heavy (non-hydrogen) atoms. The standard InChI is InChI=1S/C16H29N5O2/c1-5-6-7-8-16(2,3)12-17-14(22)20-9-10-21-13(11-20)18-19(4)15(21)23/h5-12H2,1-4H3,(H,17,22). The van der Waals surface area contributed by atoms with Crippen molar-refractivity contribution in [2.45, 2.75) is 59.5 Å². The second-order valence-corrected chi connectivity index (χ2v) is 7.18. The molecule has 1 aromatic rings. The number of nitrogens with one attached hydrogen (secondary N) is 1. The van der Waals surface area contributed by atoms with Crippen molar-refractivity contribution in [2.24, 2.45) is 12.5 Å². The highest BCUT2D eigenvalue weighted by atomic mass is 16.2. The fraction of sp³-hybridized carbons (Fsp3) is 0.812. The number of rotatable bonds is 6. The normalized spacial score (nSPS) is 14.7. The van der Waals surface area contributed by atoms with E-state index in [1.54, 1.807) is 16.5 Å². The van der Waals surface area contributed by atoms with E-state index in [0.717, 1.165) is 6.42 Å². The van der Waals surface area contributed by atoms with Crippen LogP contribution in [0.1, 0.15) is 52.3 Å². The molecule has 2 amide bonds.